The second-order valence-corrected chi connectivity index (χ2v) is 3.76. The zero-order valence-electron chi connectivity index (χ0n) is 8.49. The third-order valence-corrected chi connectivity index (χ3v) is 2.09. The largest absolute Gasteiger partial charge is 0.550 e. The van der Waals surface area contributed by atoms with Crippen LogP contribution in [0.1, 0.15) is 23.4 Å². The standard InChI is InChI=1S/C9H9BrN2O5/c10-6-2-1-5(17-6)9(16)12-11-7(13)3-4-8(14)15/h1-2H,3-4H2,(H,11,13)(H,12,16)(H,14,15)/p-1. The van der Waals surface area contributed by atoms with E-state index in [9.17, 15) is 19.5 Å². The number of aliphatic carboxylic acids is 1. The predicted molar refractivity (Wildman–Crippen MR) is 56.3 cm³/mol. The fourth-order valence-electron chi connectivity index (χ4n) is 0.902. The molecule has 0 aliphatic rings. The summed E-state index contributed by atoms with van der Waals surface area (Å²) in [7, 11) is 0. The van der Waals surface area contributed by atoms with Crippen molar-refractivity contribution >= 4 is 33.7 Å². The van der Waals surface area contributed by atoms with Crippen molar-refractivity contribution < 1.29 is 23.9 Å². The Hall–Kier alpha value is -1.83. The molecule has 0 aliphatic heterocycles. The first kappa shape index (κ1) is 13.2. The first-order valence-corrected chi connectivity index (χ1v) is 5.32. The van der Waals surface area contributed by atoms with E-state index in [-0.39, 0.29) is 12.2 Å². The van der Waals surface area contributed by atoms with Gasteiger partial charge in [-0.3, -0.25) is 20.4 Å². The lowest BCUT2D eigenvalue weighted by Gasteiger charge is -2.05. The highest BCUT2D eigenvalue weighted by Crippen LogP contribution is 2.13. The Balaban J connectivity index is 2.33. The van der Waals surface area contributed by atoms with Gasteiger partial charge in [0.1, 0.15) is 0 Å². The van der Waals surface area contributed by atoms with Crippen LogP contribution >= 0.6 is 15.9 Å². The van der Waals surface area contributed by atoms with Crippen molar-refractivity contribution in [2.45, 2.75) is 12.8 Å². The quantitative estimate of drug-likeness (QED) is 0.717. The van der Waals surface area contributed by atoms with Crippen LogP contribution in [0.2, 0.25) is 0 Å². The lowest BCUT2D eigenvalue weighted by atomic mass is 10.3. The molecule has 0 fully saturated rings. The molecule has 1 heterocycles. The summed E-state index contributed by atoms with van der Waals surface area (Å²) in [6.07, 6.45) is -0.682. The molecule has 0 saturated heterocycles. The summed E-state index contributed by atoms with van der Waals surface area (Å²) in [5.74, 6) is -2.59. The smallest absolute Gasteiger partial charge is 0.305 e. The molecule has 17 heavy (non-hydrogen) atoms. The fourth-order valence-corrected chi connectivity index (χ4v) is 1.21. The minimum Gasteiger partial charge on any atom is -0.550 e. The molecule has 0 aliphatic carbocycles. The Morgan fingerprint density at radius 3 is 2.47 bits per heavy atom. The summed E-state index contributed by atoms with van der Waals surface area (Å²) in [6.45, 7) is 0. The molecule has 1 aromatic heterocycles. The van der Waals surface area contributed by atoms with Gasteiger partial charge in [0, 0.05) is 12.4 Å². The molecule has 1 aromatic rings. The highest BCUT2D eigenvalue weighted by molar-refractivity contribution is 9.10. The molecular weight excluding hydrogens is 296 g/mol. The maximum atomic E-state index is 11.3. The van der Waals surface area contributed by atoms with E-state index in [1.54, 1.807) is 0 Å². The normalized spacial score (nSPS) is 9.71. The summed E-state index contributed by atoms with van der Waals surface area (Å²) >= 11 is 3.02. The zero-order chi connectivity index (χ0) is 12.8. The van der Waals surface area contributed by atoms with Gasteiger partial charge in [-0.05, 0) is 34.5 Å². The molecule has 92 valence electrons. The number of hydrazine groups is 1. The zero-order valence-corrected chi connectivity index (χ0v) is 10.1. The van der Waals surface area contributed by atoms with Crippen molar-refractivity contribution in [2.75, 3.05) is 0 Å². The molecule has 0 saturated carbocycles. The van der Waals surface area contributed by atoms with E-state index in [0.717, 1.165) is 0 Å². The van der Waals surface area contributed by atoms with Gasteiger partial charge in [0.15, 0.2) is 10.4 Å². The van der Waals surface area contributed by atoms with E-state index in [2.05, 4.69) is 21.4 Å². The van der Waals surface area contributed by atoms with E-state index < -0.39 is 24.2 Å². The van der Waals surface area contributed by atoms with E-state index in [0.29, 0.717) is 4.67 Å². The van der Waals surface area contributed by atoms with Gasteiger partial charge in [-0.15, -0.1) is 0 Å². The number of amides is 2. The first-order chi connectivity index (χ1) is 7.99. The van der Waals surface area contributed by atoms with Crippen LogP contribution in [-0.4, -0.2) is 17.8 Å². The summed E-state index contributed by atoms with van der Waals surface area (Å²) in [4.78, 5) is 32.4. The number of carboxylic acids is 1. The third-order valence-electron chi connectivity index (χ3n) is 1.67. The van der Waals surface area contributed by atoms with Gasteiger partial charge in [-0.2, -0.15) is 0 Å². The molecule has 0 atom stereocenters. The highest BCUT2D eigenvalue weighted by Gasteiger charge is 2.10. The van der Waals surface area contributed by atoms with E-state index in [4.69, 9.17) is 4.42 Å². The maximum absolute atomic E-state index is 11.3. The Morgan fingerprint density at radius 2 is 1.94 bits per heavy atom. The van der Waals surface area contributed by atoms with Crippen LogP contribution in [-0.2, 0) is 9.59 Å². The molecule has 1 rings (SSSR count). The van der Waals surface area contributed by atoms with Crippen LogP contribution in [0.15, 0.2) is 21.2 Å². The van der Waals surface area contributed by atoms with Gasteiger partial charge in [0.25, 0.3) is 0 Å². The topological polar surface area (TPSA) is 111 Å². The molecule has 0 aromatic carbocycles. The molecule has 0 radical (unpaired) electrons. The van der Waals surface area contributed by atoms with Crippen LogP contribution in [0, 0.1) is 0 Å². The van der Waals surface area contributed by atoms with Crippen LogP contribution in [0.25, 0.3) is 0 Å². The molecule has 2 N–H and O–H groups in total. The van der Waals surface area contributed by atoms with Gasteiger partial charge in [0.2, 0.25) is 5.91 Å². The summed E-state index contributed by atoms with van der Waals surface area (Å²) in [6, 6.07) is 2.93. The number of carboxylic acid groups (broad SMARTS) is 1. The molecule has 2 amide bonds. The first-order valence-electron chi connectivity index (χ1n) is 4.53. The fraction of sp³-hybridized carbons (Fsp3) is 0.222. The van der Waals surface area contributed by atoms with Gasteiger partial charge in [-0.25, -0.2) is 0 Å². The number of halogens is 1. The minimum atomic E-state index is -1.33. The van der Waals surface area contributed by atoms with Gasteiger partial charge in [-0.1, -0.05) is 0 Å². The summed E-state index contributed by atoms with van der Waals surface area (Å²) < 4.78 is 5.31. The third kappa shape index (κ3) is 4.68. The molecule has 8 heteroatoms. The second kappa shape index (κ2) is 6.04. The molecule has 7 nitrogen and oxygen atoms in total. The lowest BCUT2D eigenvalue weighted by Crippen LogP contribution is -2.41. The summed E-state index contributed by atoms with van der Waals surface area (Å²) in [5.41, 5.74) is 4.11. The SMILES string of the molecule is O=C([O-])CCC(=O)NNC(=O)c1ccc(Br)o1. The van der Waals surface area contributed by atoms with Gasteiger partial charge >= 0.3 is 5.91 Å². The number of nitrogens with one attached hydrogen (secondary N) is 2. The van der Waals surface area contributed by atoms with E-state index >= 15 is 0 Å². The molecular formula is C9H8BrN2O5-. The molecule has 0 bridgehead atoms. The molecule has 0 unspecified atom stereocenters. The minimum absolute atomic E-state index is 0.0112. The highest BCUT2D eigenvalue weighted by atomic mass is 79.9. The number of hydrogen-bond donors (Lipinski definition) is 2. The van der Waals surface area contributed by atoms with Crippen molar-refractivity contribution in [2.24, 2.45) is 0 Å². The van der Waals surface area contributed by atoms with Crippen LogP contribution in [0.4, 0.5) is 0 Å². The van der Waals surface area contributed by atoms with Crippen molar-refractivity contribution in [1.29, 1.82) is 0 Å². The van der Waals surface area contributed by atoms with Gasteiger partial charge in [0.05, 0.1) is 0 Å². The number of rotatable bonds is 4. The van der Waals surface area contributed by atoms with Crippen LogP contribution in [0.5, 0.6) is 0 Å². The average Bonchev–Trinajstić information content (AvgIpc) is 2.70. The monoisotopic (exact) mass is 303 g/mol. The van der Waals surface area contributed by atoms with Crippen LogP contribution in [0.3, 0.4) is 0 Å². The predicted octanol–water partition coefficient (Wildman–Crippen LogP) is -0.667. The molecule has 0 spiro atoms. The second-order valence-electron chi connectivity index (χ2n) is 2.98. The Morgan fingerprint density at radius 1 is 1.24 bits per heavy atom. The average molecular weight is 304 g/mol. The number of hydrogen-bond acceptors (Lipinski definition) is 5. The number of carbonyl (C=O) groups is 3. The Kier molecular flexibility index (Phi) is 4.70. The van der Waals surface area contributed by atoms with Crippen molar-refractivity contribution in [3.8, 4) is 0 Å². The van der Waals surface area contributed by atoms with Crippen molar-refractivity contribution in [3.63, 3.8) is 0 Å². The Bertz CT molecular complexity index is 442. The van der Waals surface area contributed by atoms with Gasteiger partial charge < -0.3 is 14.3 Å². The van der Waals surface area contributed by atoms with E-state index in [1.165, 1.54) is 12.1 Å². The number of furan rings is 1. The van der Waals surface area contributed by atoms with Crippen LogP contribution < -0.4 is 16.0 Å². The summed E-state index contributed by atoms with van der Waals surface area (Å²) in [5, 5.41) is 10.1. The van der Waals surface area contributed by atoms with Crippen molar-refractivity contribution in [1.82, 2.24) is 10.9 Å². The van der Waals surface area contributed by atoms with E-state index in [1.807, 2.05) is 5.43 Å². The Labute approximate surface area is 104 Å². The maximum Gasteiger partial charge on any atom is 0.305 e. The lowest BCUT2D eigenvalue weighted by molar-refractivity contribution is -0.305. The van der Waals surface area contributed by atoms with Crippen molar-refractivity contribution in [3.05, 3.63) is 22.6 Å². The number of carbonyl (C=O) groups excluding carboxylic acids is 3.